The largest absolute Gasteiger partial charge is 0.341 e. The fourth-order valence-electron chi connectivity index (χ4n) is 1.42. The lowest BCUT2D eigenvalue weighted by atomic mass is 10.4. The van der Waals surface area contributed by atoms with Gasteiger partial charge in [-0.1, -0.05) is 29.8 Å². The van der Waals surface area contributed by atoms with Crippen molar-refractivity contribution in [2.75, 3.05) is 0 Å². The monoisotopic (exact) mass is 262 g/mol. The van der Waals surface area contributed by atoms with Crippen molar-refractivity contribution in [1.82, 2.24) is 19.9 Å². The van der Waals surface area contributed by atoms with Gasteiger partial charge in [-0.15, -0.1) is 0 Å². The Bertz CT molecular complexity index is 653. The molecule has 0 spiro atoms. The van der Waals surface area contributed by atoms with E-state index in [0.717, 1.165) is 4.90 Å². The minimum atomic E-state index is 0.394. The minimum absolute atomic E-state index is 0.394. The van der Waals surface area contributed by atoms with Crippen molar-refractivity contribution in [1.29, 1.82) is 0 Å². The summed E-state index contributed by atoms with van der Waals surface area (Å²) in [5.74, 6) is 0. The van der Waals surface area contributed by atoms with Gasteiger partial charge < -0.3 is 4.98 Å². The molecule has 0 aliphatic carbocycles. The average Bonchev–Trinajstić information content (AvgIpc) is 2.79. The van der Waals surface area contributed by atoms with E-state index in [-0.39, 0.29) is 0 Å². The predicted molar refractivity (Wildman–Crippen MR) is 67.3 cm³/mol. The van der Waals surface area contributed by atoms with E-state index in [1.807, 2.05) is 30.3 Å². The molecule has 2 aromatic heterocycles. The van der Waals surface area contributed by atoms with E-state index in [2.05, 4.69) is 19.9 Å². The smallest absolute Gasteiger partial charge is 0.196 e. The number of imidazole rings is 1. The van der Waals surface area contributed by atoms with Gasteiger partial charge in [-0.2, -0.15) is 0 Å². The summed E-state index contributed by atoms with van der Waals surface area (Å²) in [5, 5.41) is 0.992. The second-order valence-electron chi connectivity index (χ2n) is 3.31. The zero-order chi connectivity index (χ0) is 11.7. The van der Waals surface area contributed by atoms with Crippen LogP contribution in [0.5, 0.6) is 0 Å². The maximum atomic E-state index is 6.03. The normalized spacial score (nSPS) is 10.9. The fraction of sp³-hybridized carbons (Fsp3) is 0. The molecule has 0 fully saturated rings. The Morgan fingerprint density at radius 2 is 1.94 bits per heavy atom. The molecule has 3 aromatic rings. The predicted octanol–water partition coefficient (Wildman–Crippen LogP) is 3.16. The van der Waals surface area contributed by atoms with E-state index in [0.29, 0.717) is 21.5 Å². The molecule has 0 saturated heterocycles. The van der Waals surface area contributed by atoms with E-state index in [4.69, 9.17) is 11.6 Å². The van der Waals surface area contributed by atoms with Gasteiger partial charge in [0.05, 0.1) is 6.33 Å². The molecule has 0 aliphatic heterocycles. The summed E-state index contributed by atoms with van der Waals surface area (Å²) in [6.07, 6.45) is 1.56. The number of nitrogens with zero attached hydrogens (tertiary/aromatic N) is 3. The molecular weight excluding hydrogens is 256 g/mol. The van der Waals surface area contributed by atoms with Crippen LogP contribution in [-0.4, -0.2) is 19.9 Å². The number of hydrogen-bond donors (Lipinski definition) is 1. The van der Waals surface area contributed by atoms with E-state index >= 15 is 0 Å². The first-order valence-electron chi connectivity index (χ1n) is 4.92. The Kier molecular flexibility index (Phi) is 2.70. The third kappa shape index (κ3) is 2.11. The first-order valence-corrected chi connectivity index (χ1v) is 6.12. The number of aromatic nitrogens is 4. The quantitative estimate of drug-likeness (QED) is 0.569. The molecule has 84 valence electrons. The number of fused-ring (bicyclic) bond motifs is 1. The average molecular weight is 263 g/mol. The van der Waals surface area contributed by atoms with Crippen molar-refractivity contribution in [2.45, 2.75) is 10.1 Å². The molecule has 0 unspecified atom stereocenters. The van der Waals surface area contributed by atoms with Crippen LogP contribution in [-0.2, 0) is 0 Å². The van der Waals surface area contributed by atoms with Crippen molar-refractivity contribution < 1.29 is 0 Å². The highest BCUT2D eigenvalue weighted by Gasteiger charge is 2.08. The van der Waals surface area contributed by atoms with Crippen LogP contribution >= 0.6 is 23.4 Å². The van der Waals surface area contributed by atoms with Crippen LogP contribution in [0.4, 0.5) is 0 Å². The molecular formula is C11H7ClN4S. The zero-order valence-corrected chi connectivity index (χ0v) is 10.2. The molecule has 1 N–H and O–H groups in total. The number of nitrogens with one attached hydrogen (secondary N) is 1. The number of aromatic amines is 1. The lowest BCUT2D eigenvalue weighted by Crippen LogP contribution is -1.89. The molecule has 3 rings (SSSR count). The first kappa shape index (κ1) is 10.6. The Balaban J connectivity index is 2.01. The van der Waals surface area contributed by atoms with Crippen LogP contribution in [0.15, 0.2) is 46.7 Å². The highest BCUT2D eigenvalue weighted by Crippen LogP contribution is 2.27. The van der Waals surface area contributed by atoms with Crippen molar-refractivity contribution in [3.05, 3.63) is 41.8 Å². The number of hydrogen-bond acceptors (Lipinski definition) is 4. The topological polar surface area (TPSA) is 54.5 Å². The molecule has 2 heterocycles. The standard InChI is InChI=1S/C11H7ClN4S/c12-9-8-10(14-6-13-8)16-11(15-9)17-7-4-2-1-3-5-7/h1-6H,(H,13,14,15,16). The highest BCUT2D eigenvalue weighted by molar-refractivity contribution is 7.99. The van der Waals surface area contributed by atoms with E-state index in [9.17, 15) is 0 Å². The van der Waals surface area contributed by atoms with Gasteiger partial charge in [0.1, 0.15) is 5.52 Å². The SMILES string of the molecule is Clc1nc(Sc2ccccc2)nc2nc[nH]c12. The lowest BCUT2D eigenvalue weighted by molar-refractivity contribution is 0.994. The summed E-state index contributed by atoms with van der Waals surface area (Å²) in [6.45, 7) is 0. The van der Waals surface area contributed by atoms with Crippen LogP contribution < -0.4 is 0 Å². The summed E-state index contributed by atoms with van der Waals surface area (Å²) < 4.78 is 0. The summed E-state index contributed by atoms with van der Waals surface area (Å²) in [6, 6.07) is 9.90. The van der Waals surface area contributed by atoms with Gasteiger partial charge in [0.15, 0.2) is 16.0 Å². The lowest BCUT2D eigenvalue weighted by Gasteiger charge is -2.00. The maximum absolute atomic E-state index is 6.03. The van der Waals surface area contributed by atoms with E-state index in [1.54, 1.807) is 6.33 Å². The van der Waals surface area contributed by atoms with Crippen molar-refractivity contribution in [2.24, 2.45) is 0 Å². The van der Waals surface area contributed by atoms with E-state index in [1.165, 1.54) is 11.8 Å². The van der Waals surface area contributed by atoms with Crippen molar-refractivity contribution in [3.8, 4) is 0 Å². The Morgan fingerprint density at radius 3 is 2.76 bits per heavy atom. The van der Waals surface area contributed by atoms with Crippen molar-refractivity contribution >= 4 is 34.5 Å². The summed E-state index contributed by atoms with van der Waals surface area (Å²) in [4.78, 5) is 16.6. The van der Waals surface area contributed by atoms with E-state index < -0.39 is 0 Å². The van der Waals surface area contributed by atoms with Gasteiger partial charge >= 0.3 is 0 Å². The van der Waals surface area contributed by atoms with Gasteiger partial charge in [0.25, 0.3) is 0 Å². The maximum Gasteiger partial charge on any atom is 0.196 e. The van der Waals surface area contributed by atoms with Gasteiger partial charge in [0, 0.05) is 4.90 Å². The molecule has 6 heteroatoms. The summed E-state index contributed by atoms with van der Waals surface area (Å²) in [7, 11) is 0. The zero-order valence-electron chi connectivity index (χ0n) is 8.59. The Hall–Kier alpha value is -1.59. The van der Waals surface area contributed by atoms with Crippen LogP contribution in [0.3, 0.4) is 0 Å². The number of rotatable bonds is 2. The number of H-pyrrole nitrogens is 1. The molecule has 0 aliphatic rings. The number of benzene rings is 1. The van der Waals surface area contributed by atoms with Crippen LogP contribution in [0.2, 0.25) is 5.15 Å². The molecule has 0 saturated carbocycles. The summed E-state index contributed by atoms with van der Waals surface area (Å²) in [5.41, 5.74) is 1.26. The number of halogens is 1. The van der Waals surface area contributed by atoms with Crippen LogP contribution in [0.25, 0.3) is 11.2 Å². The molecule has 4 nitrogen and oxygen atoms in total. The first-order chi connectivity index (χ1) is 8.33. The van der Waals surface area contributed by atoms with Gasteiger partial charge in [-0.3, -0.25) is 0 Å². The fourth-order valence-corrected chi connectivity index (χ4v) is 2.46. The molecule has 0 atom stereocenters. The molecule has 0 radical (unpaired) electrons. The minimum Gasteiger partial charge on any atom is -0.341 e. The second-order valence-corrected chi connectivity index (χ2v) is 4.71. The van der Waals surface area contributed by atoms with Crippen LogP contribution in [0, 0.1) is 0 Å². The Morgan fingerprint density at radius 1 is 1.12 bits per heavy atom. The third-order valence-electron chi connectivity index (χ3n) is 2.17. The summed E-state index contributed by atoms with van der Waals surface area (Å²) >= 11 is 7.49. The molecule has 1 aromatic carbocycles. The van der Waals surface area contributed by atoms with Gasteiger partial charge in [-0.25, -0.2) is 15.0 Å². The van der Waals surface area contributed by atoms with Crippen LogP contribution in [0.1, 0.15) is 0 Å². The molecule has 17 heavy (non-hydrogen) atoms. The third-order valence-corrected chi connectivity index (χ3v) is 3.32. The second kappa shape index (κ2) is 4.35. The molecule has 0 bridgehead atoms. The highest BCUT2D eigenvalue weighted by atomic mass is 35.5. The molecule has 0 amide bonds. The van der Waals surface area contributed by atoms with Gasteiger partial charge in [0.2, 0.25) is 0 Å². The van der Waals surface area contributed by atoms with Gasteiger partial charge in [-0.05, 0) is 23.9 Å². The van der Waals surface area contributed by atoms with Crippen molar-refractivity contribution in [3.63, 3.8) is 0 Å². The Labute approximate surface area is 106 Å².